The van der Waals surface area contributed by atoms with Crippen LogP contribution >= 0.6 is 0 Å². The van der Waals surface area contributed by atoms with Gasteiger partial charge in [0.05, 0.1) is 24.7 Å². The van der Waals surface area contributed by atoms with Gasteiger partial charge in [0.25, 0.3) is 5.91 Å². The predicted octanol–water partition coefficient (Wildman–Crippen LogP) is 2.81. The van der Waals surface area contributed by atoms with Gasteiger partial charge in [0.15, 0.2) is 11.6 Å². The molecule has 1 saturated carbocycles. The lowest BCUT2D eigenvalue weighted by molar-refractivity contribution is -0.127. The molecule has 3 atom stereocenters. The van der Waals surface area contributed by atoms with E-state index >= 15 is 0 Å². The van der Waals surface area contributed by atoms with Crippen LogP contribution in [0.5, 0.6) is 5.75 Å². The Balaban J connectivity index is 1.36. The van der Waals surface area contributed by atoms with Crippen molar-refractivity contribution >= 4 is 23.2 Å². The van der Waals surface area contributed by atoms with Gasteiger partial charge in [-0.15, -0.1) is 0 Å². The van der Waals surface area contributed by atoms with E-state index < -0.39 is 46.6 Å². The number of primary amides is 1. The summed E-state index contributed by atoms with van der Waals surface area (Å²) < 4.78 is 5.43. The fraction of sp³-hybridized carbons (Fsp3) is 0.367. The van der Waals surface area contributed by atoms with Crippen molar-refractivity contribution in [2.45, 2.75) is 25.8 Å². The lowest BCUT2D eigenvalue weighted by Crippen LogP contribution is -2.44. The van der Waals surface area contributed by atoms with Crippen molar-refractivity contribution in [1.29, 1.82) is 0 Å². The van der Waals surface area contributed by atoms with Gasteiger partial charge in [-0.3, -0.25) is 19.3 Å². The Morgan fingerprint density at radius 3 is 2.41 bits per heavy atom. The summed E-state index contributed by atoms with van der Waals surface area (Å²) in [6, 6.07) is 11.5. The fourth-order valence-electron chi connectivity index (χ4n) is 6.72. The number of phenols is 1. The Kier molecular flexibility index (Phi) is 6.28. The third-order valence-electron chi connectivity index (χ3n) is 8.55. The highest BCUT2D eigenvalue weighted by atomic mass is 16.5. The van der Waals surface area contributed by atoms with Crippen molar-refractivity contribution in [3.8, 4) is 16.9 Å². The molecule has 9 nitrogen and oxygen atoms in total. The summed E-state index contributed by atoms with van der Waals surface area (Å²) in [6.45, 7) is 4.09. The molecule has 4 aliphatic rings. The number of ether oxygens (including phenoxy) is 1. The van der Waals surface area contributed by atoms with E-state index in [0.717, 1.165) is 49.5 Å². The lowest BCUT2D eigenvalue weighted by Gasteiger charge is -2.41. The smallest absolute Gasteiger partial charge is 0.255 e. The lowest BCUT2D eigenvalue weighted by atomic mass is 9.61. The van der Waals surface area contributed by atoms with Crippen molar-refractivity contribution in [3.63, 3.8) is 0 Å². The number of hydrogen-bond donors (Lipinski definition) is 4. The standard InChI is InChI=1S/C30H30N2O7/c31-30(38)26-22(34)13-18-11-17-12-20-19(16-3-1-15(2-4-16)14-32-7-9-39-10-8-32)5-6-21(33)25(20)28(36)23(17)27(35)24(18)29(26)37/h1-6,17-18,24,33,36-37H,7-14H2,(H2,31,38). The molecule has 2 aromatic carbocycles. The number of aliphatic hydroxyl groups excluding tert-OH is 2. The quantitative estimate of drug-likeness (QED) is 0.441. The monoisotopic (exact) mass is 530 g/mol. The number of aromatic hydroxyl groups is 1. The number of nitrogens with two attached hydrogens (primary N) is 1. The normalized spacial score (nSPS) is 25.3. The number of ketones is 2. The van der Waals surface area contributed by atoms with Crippen LogP contribution in [0.15, 0.2) is 53.3 Å². The first kappa shape index (κ1) is 25.3. The van der Waals surface area contributed by atoms with E-state index in [1.807, 2.05) is 18.2 Å². The van der Waals surface area contributed by atoms with Crippen molar-refractivity contribution in [1.82, 2.24) is 4.90 Å². The summed E-state index contributed by atoms with van der Waals surface area (Å²) in [4.78, 5) is 40.2. The molecule has 1 heterocycles. The average molecular weight is 531 g/mol. The molecule has 0 aromatic heterocycles. The minimum Gasteiger partial charge on any atom is -0.511 e. The molecular formula is C30H30N2O7. The number of hydrogen-bond acceptors (Lipinski definition) is 8. The van der Waals surface area contributed by atoms with Gasteiger partial charge in [-0.05, 0) is 53.0 Å². The first-order chi connectivity index (χ1) is 18.7. The molecular weight excluding hydrogens is 500 g/mol. The second-order valence-corrected chi connectivity index (χ2v) is 10.8. The van der Waals surface area contributed by atoms with Crippen LogP contribution < -0.4 is 5.73 Å². The van der Waals surface area contributed by atoms with Gasteiger partial charge in [-0.2, -0.15) is 0 Å². The van der Waals surface area contributed by atoms with Crippen LogP contribution in [0, 0.1) is 17.8 Å². The van der Waals surface area contributed by atoms with Crippen molar-refractivity contribution in [3.05, 3.63) is 70.0 Å². The second-order valence-electron chi connectivity index (χ2n) is 10.8. The molecule has 3 aliphatic carbocycles. The second kappa shape index (κ2) is 9.66. The van der Waals surface area contributed by atoms with Gasteiger partial charge >= 0.3 is 0 Å². The van der Waals surface area contributed by atoms with Gasteiger partial charge in [0.1, 0.15) is 22.8 Å². The number of rotatable bonds is 4. The Bertz CT molecular complexity index is 1450. The molecule has 202 valence electrons. The van der Waals surface area contributed by atoms with Gasteiger partial charge < -0.3 is 25.8 Å². The molecule has 2 fully saturated rings. The summed E-state index contributed by atoms with van der Waals surface area (Å²) in [5, 5.41) is 32.8. The number of carbonyl (C=O) groups is 3. The highest BCUT2D eigenvalue weighted by Gasteiger charge is 2.51. The van der Waals surface area contributed by atoms with E-state index in [1.165, 1.54) is 11.6 Å². The number of benzene rings is 2. The summed E-state index contributed by atoms with van der Waals surface area (Å²) in [6.07, 6.45) is 0.669. The first-order valence-electron chi connectivity index (χ1n) is 13.2. The summed E-state index contributed by atoms with van der Waals surface area (Å²) in [7, 11) is 0. The molecule has 1 saturated heterocycles. The Morgan fingerprint density at radius 1 is 1.00 bits per heavy atom. The number of nitrogens with zero attached hydrogens (tertiary/aromatic N) is 1. The Morgan fingerprint density at radius 2 is 1.72 bits per heavy atom. The molecule has 1 aliphatic heterocycles. The highest BCUT2D eigenvalue weighted by Crippen LogP contribution is 2.51. The third-order valence-corrected chi connectivity index (χ3v) is 8.55. The van der Waals surface area contributed by atoms with Gasteiger partial charge in [-0.25, -0.2) is 0 Å². The molecule has 5 N–H and O–H groups in total. The maximum absolute atomic E-state index is 13.6. The number of phenolic OH excluding ortho intramolecular Hbond substituents is 1. The molecule has 0 bridgehead atoms. The zero-order chi connectivity index (χ0) is 27.4. The van der Waals surface area contributed by atoms with E-state index in [2.05, 4.69) is 17.0 Å². The molecule has 1 amide bonds. The third kappa shape index (κ3) is 4.22. The van der Waals surface area contributed by atoms with Crippen LogP contribution in [0.25, 0.3) is 16.9 Å². The number of aliphatic hydroxyl groups is 2. The predicted molar refractivity (Wildman–Crippen MR) is 141 cm³/mol. The van der Waals surface area contributed by atoms with E-state index in [9.17, 15) is 29.7 Å². The molecule has 6 rings (SSSR count). The zero-order valence-electron chi connectivity index (χ0n) is 21.4. The largest absolute Gasteiger partial charge is 0.511 e. The minimum atomic E-state index is -1.12. The van der Waals surface area contributed by atoms with E-state index in [-0.39, 0.29) is 29.1 Å². The van der Waals surface area contributed by atoms with E-state index in [4.69, 9.17) is 10.5 Å². The van der Waals surface area contributed by atoms with Crippen LogP contribution in [-0.4, -0.2) is 64.0 Å². The summed E-state index contributed by atoms with van der Waals surface area (Å²) in [5.41, 5.74) is 8.74. The van der Waals surface area contributed by atoms with Crippen LogP contribution in [0.3, 0.4) is 0 Å². The summed E-state index contributed by atoms with van der Waals surface area (Å²) >= 11 is 0. The SMILES string of the molecule is NC(=O)C1=C(O)C2C(=O)C3=C(O)c4c(O)ccc(-c5ccc(CN6CCOCC6)cc5)c4CC3CC2CC1=O. The van der Waals surface area contributed by atoms with Crippen molar-refractivity contribution < 1.29 is 34.4 Å². The number of amides is 1. The molecule has 0 radical (unpaired) electrons. The van der Waals surface area contributed by atoms with Crippen LogP contribution in [-0.2, 0) is 32.1 Å². The Labute approximate surface area is 225 Å². The van der Waals surface area contributed by atoms with Crippen molar-refractivity contribution in [2.75, 3.05) is 26.3 Å². The number of fused-ring (bicyclic) bond motifs is 3. The van der Waals surface area contributed by atoms with Gasteiger partial charge in [0, 0.05) is 31.6 Å². The minimum absolute atomic E-state index is 0.0758. The van der Waals surface area contributed by atoms with Gasteiger partial charge in [-0.1, -0.05) is 30.3 Å². The summed E-state index contributed by atoms with van der Waals surface area (Å²) in [5.74, 6) is -5.29. The Hall–Kier alpha value is -3.95. The molecule has 3 unspecified atom stereocenters. The molecule has 2 aromatic rings. The topological polar surface area (TPSA) is 150 Å². The van der Waals surface area contributed by atoms with Gasteiger partial charge in [0.2, 0.25) is 0 Å². The fourth-order valence-corrected chi connectivity index (χ4v) is 6.72. The van der Waals surface area contributed by atoms with Crippen molar-refractivity contribution in [2.24, 2.45) is 23.5 Å². The van der Waals surface area contributed by atoms with Crippen LogP contribution in [0.2, 0.25) is 0 Å². The average Bonchev–Trinajstić information content (AvgIpc) is 2.89. The van der Waals surface area contributed by atoms with E-state index in [0.29, 0.717) is 12.8 Å². The highest BCUT2D eigenvalue weighted by molar-refractivity contribution is 6.21. The van der Waals surface area contributed by atoms with Crippen LogP contribution in [0.4, 0.5) is 0 Å². The number of morpholine rings is 1. The van der Waals surface area contributed by atoms with E-state index in [1.54, 1.807) is 0 Å². The number of Topliss-reactive ketones (excluding diaryl/α,β-unsaturated/α-hetero) is 2. The number of allylic oxidation sites excluding steroid dienone is 2. The molecule has 39 heavy (non-hydrogen) atoms. The maximum Gasteiger partial charge on any atom is 0.255 e. The number of carbonyl (C=O) groups excluding carboxylic acids is 3. The zero-order valence-corrected chi connectivity index (χ0v) is 21.4. The molecule has 9 heteroatoms. The first-order valence-corrected chi connectivity index (χ1v) is 13.2. The maximum atomic E-state index is 13.6. The van der Waals surface area contributed by atoms with Crippen LogP contribution in [0.1, 0.15) is 29.5 Å². The molecule has 0 spiro atoms.